The Hall–Kier alpha value is -1.89. The van der Waals surface area contributed by atoms with Gasteiger partial charge < -0.3 is 0 Å². The summed E-state index contributed by atoms with van der Waals surface area (Å²) >= 11 is 0. The molecule has 2 aromatic rings. The van der Waals surface area contributed by atoms with Gasteiger partial charge in [0.05, 0.1) is 5.69 Å². The molecule has 0 spiro atoms. The van der Waals surface area contributed by atoms with Gasteiger partial charge in [-0.25, -0.2) is 0 Å². The fourth-order valence-electron chi connectivity index (χ4n) is 1.49. The van der Waals surface area contributed by atoms with Gasteiger partial charge in [-0.1, -0.05) is 48.0 Å². The predicted octanol–water partition coefficient (Wildman–Crippen LogP) is 3.94. The highest BCUT2D eigenvalue weighted by Crippen LogP contribution is 2.09. The largest absolute Gasteiger partial charge is 0.261 e. The lowest BCUT2D eigenvalue weighted by Gasteiger charge is -1.97. The molecular weight excluding hydrogens is 194 g/mol. The summed E-state index contributed by atoms with van der Waals surface area (Å²) in [5.74, 6) is 0. The Balaban J connectivity index is 1.97. The molecule has 1 heteroatoms. The van der Waals surface area contributed by atoms with Crippen LogP contribution in [0.2, 0.25) is 0 Å². The average Bonchev–Trinajstić information content (AvgIpc) is 2.33. The van der Waals surface area contributed by atoms with E-state index in [4.69, 9.17) is 0 Å². The first-order valence-electron chi connectivity index (χ1n) is 5.48. The highest BCUT2D eigenvalue weighted by atomic mass is 14.7. The molecule has 0 heterocycles. The van der Waals surface area contributed by atoms with Crippen LogP contribution in [0.4, 0.5) is 5.69 Å². The Morgan fingerprint density at radius 1 is 0.938 bits per heavy atom. The third kappa shape index (κ3) is 3.06. The van der Waals surface area contributed by atoms with E-state index in [1.54, 1.807) is 0 Å². The van der Waals surface area contributed by atoms with Gasteiger partial charge in [0.1, 0.15) is 0 Å². The number of aryl methyl sites for hydroxylation is 1. The Bertz CT molecular complexity index is 455. The smallest absolute Gasteiger partial charge is 0.0625 e. The van der Waals surface area contributed by atoms with E-state index >= 15 is 0 Å². The predicted molar refractivity (Wildman–Crippen MR) is 69.5 cm³/mol. The van der Waals surface area contributed by atoms with Crippen LogP contribution in [0.5, 0.6) is 0 Å². The molecule has 1 nitrogen and oxygen atoms in total. The Morgan fingerprint density at radius 2 is 1.62 bits per heavy atom. The Kier molecular flexibility index (Phi) is 3.50. The molecule has 0 aliphatic heterocycles. The summed E-state index contributed by atoms with van der Waals surface area (Å²) in [5, 5.41) is 0. The zero-order valence-electron chi connectivity index (χ0n) is 9.43. The number of hydrogen-bond acceptors (Lipinski definition) is 1. The minimum absolute atomic E-state index is 0.884. The molecule has 0 saturated carbocycles. The van der Waals surface area contributed by atoms with Crippen LogP contribution in [0.15, 0.2) is 59.6 Å². The highest BCUT2D eigenvalue weighted by Gasteiger charge is 1.89. The van der Waals surface area contributed by atoms with Crippen LogP contribution in [0.3, 0.4) is 0 Å². The van der Waals surface area contributed by atoms with Gasteiger partial charge in [-0.05, 0) is 24.6 Å². The van der Waals surface area contributed by atoms with Crippen molar-refractivity contribution < 1.29 is 0 Å². The van der Waals surface area contributed by atoms with Crippen LogP contribution >= 0.6 is 0 Å². The third-order valence-corrected chi connectivity index (χ3v) is 2.44. The van der Waals surface area contributed by atoms with Crippen LogP contribution in [0, 0.1) is 6.92 Å². The zero-order valence-corrected chi connectivity index (χ0v) is 9.43. The molecule has 0 saturated heterocycles. The molecule has 0 aromatic heterocycles. The highest BCUT2D eigenvalue weighted by molar-refractivity contribution is 5.66. The van der Waals surface area contributed by atoms with Crippen molar-refractivity contribution in [2.45, 2.75) is 13.3 Å². The summed E-state index contributed by atoms with van der Waals surface area (Å²) in [6.07, 6.45) is 2.84. The van der Waals surface area contributed by atoms with E-state index in [0.29, 0.717) is 0 Å². The van der Waals surface area contributed by atoms with Crippen molar-refractivity contribution >= 4 is 11.9 Å². The lowest BCUT2D eigenvalue weighted by molar-refractivity contribution is 1.32. The maximum atomic E-state index is 4.40. The van der Waals surface area contributed by atoms with Gasteiger partial charge in [-0.15, -0.1) is 0 Å². The third-order valence-electron chi connectivity index (χ3n) is 2.44. The van der Waals surface area contributed by atoms with Gasteiger partial charge in [0.15, 0.2) is 0 Å². The molecule has 0 aliphatic carbocycles. The van der Waals surface area contributed by atoms with Crippen molar-refractivity contribution in [3.8, 4) is 0 Å². The van der Waals surface area contributed by atoms with E-state index in [1.807, 2.05) is 36.5 Å². The molecule has 2 rings (SSSR count). The fourth-order valence-corrected chi connectivity index (χ4v) is 1.49. The number of nitrogens with zero attached hydrogens (tertiary/aromatic N) is 1. The van der Waals surface area contributed by atoms with Crippen LogP contribution in [0.25, 0.3) is 0 Å². The van der Waals surface area contributed by atoms with Crippen molar-refractivity contribution in [2.75, 3.05) is 0 Å². The number of para-hydroxylation sites is 1. The molecule has 0 bridgehead atoms. The van der Waals surface area contributed by atoms with Gasteiger partial charge in [0.25, 0.3) is 0 Å². The molecule has 0 atom stereocenters. The number of benzene rings is 2. The standard InChI is InChI=1S/C15H15N/c1-13-7-9-14(10-8-13)11-12-16-15-5-3-2-4-6-15/h2-10,12H,11H2,1H3. The van der Waals surface area contributed by atoms with Gasteiger partial charge in [0, 0.05) is 12.6 Å². The molecule has 0 radical (unpaired) electrons. The maximum absolute atomic E-state index is 4.40. The summed E-state index contributed by atoms with van der Waals surface area (Å²) in [7, 11) is 0. The van der Waals surface area contributed by atoms with Crippen molar-refractivity contribution in [1.82, 2.24) is 0 Å². The number of aliphatic imine (C=N–C) groups is 1. The molecule has 16 heavy (non-hydrogen) atoms. The van der Waals surface area contributed by atoms with Crippen LogP contribution < -0.4 is 0 Å². The molecule has 0 N–H and O–H groups in total. The SMILES string of the molecule is Cc1ccc(CC=Nc2ccccc2)cc1. The minimum Gasteiger partial charge on any atom is -0.261 e. The number of rotatable bonds is 3. The lowest BCUT2D eigenvalue weighted by atomic mass is 10.1. The summed E-state index contributed by atoms with van der Waals surface area (Å²) in [4.78, 5) is 4.40. The van der Waals surface area contributed by atoms with Crippen LogP contribution in [0.1, 0.15) is 11.1 Å². The lowest BCUT2D eigenvalue weighted by Crippen LogP contribution is -1.85. The minimum atomic E-state index is 0.884. The maximum Gasteiger partial charge on any atom is 0.0625 e. The first kappa shape index (κ1) is 10.6. The summed E-state index contributed by atoms with van der Waals surface area (Å²) in [6.45, 7) is 2.10. The van der Waals surface area contributed by atoms with Crippen molar-refractivity contribution in [1.29, 1.82) is 0 Å². The van der Waals surface area contributed by atoms with Crippen LogP contribution in [-0.4, -0.2) is 6.21 Å². The van der Waals surface area contributed by atoms with E-state index in [1.165, 1.54) is 11.1 Å². The molecular formula is C15H15N. The second kappa shape index (κ2) is 5.26. The van der Waals surface area contributed by atoms with E-state index in [2.05, 4.69) is 36.2 Å². The monoisotopic (exact) mass is 209 g/mol. The Labute approximate surface area is 96.5 Å². The molecule has 0 amide bonds. The van der Waals surface area contributed by atoms with Crippen molar-refractivity contribution in [3.05, 3.63) is 65.7 Å². The second-order valence-electron chi connectivity index (χ2n) is 3.84. The van der Waals surface area contributed by atoms with E-state index in [-0.39, 0.29) is 0 Å². The quantitative estimate of drug-likeness (QED) is 0.679. The van der Waals surface area contributed by atoms with Crippen LogP contribution in [-0.2, 0) is 6.42 Å². The van der Waals surface area contributed by atoms with Crippen molar-refractivity contribution in [3.63, 3.8) is 0 Å². The number of hydrogen-bond donors (Lipinski definition) is 0. The fraction of sp³-hybridized carbons (Fsp3) is 0.133. The molecule has 0 aliphatic rings. The Morgan fingerprint density at radius 3 is 2.31 bits per heavy atom. The molecule has 0 fully saturated rings. The summed E-state index contributed by atoms with van der Waals surface area (Å²) in [6, 6.07) is 18.6. The molecule has 2 aromatic carbocycles. The first-order valence-corrected chi connectivity index (χ1v) is 5.48. The molecule has 0 unspecified atom stereocenters. The zero-order chi connectivity index (χ0) is 11.2. The van der Waals surface area contributed by atoms with E-state index in [9.17, 15) is 0 Å². The van der Waals surface area contributed by atoms with Gasteiger partial charge in [0.2, 0.25) is 0 Å². The summed E-state index contributed by atoms with van der Waals surface area (Å²) < 4.78 is 0. The second-order valence-corrected chi connectivity index (χ2v) is 3.84. The van der Waals surface area contributed by atoms with Crippen molar-refractivity contribution in [2.24, 2.45) is 4.99 Å². The van der Waals surface area contributed by atoms with E-state index < -0.39 is 0 Å². The van der Waals surface area contributed by atoms with Gasteiger partial charge >= 0.3 is 0 Å². The average molecular weight is 209 g/mol. The first-order chi connectivity index (χ1) is 7.84. The topological polar surface area (TPSA) is 12.4 Å². The van der Waals surface area contributed by atoms with Gasteiger partial charge in [-0.2, -0.15) is 0 Å². The van der Waals surface area contributed by atoms with Gasteiger partial charge in [-0.3, -0.25) is 4.99 Å². The van der Waals surface area contributed by atoms with E-state index in [0.717, 1.165) is 12.1 Å². The molecule has 80 valence electrons. The normalized spacial score (nSPS) is 10.8. The summed E-state index contributed by atoms with van der Waals surface area (Å²) in [5.41, 5.74) is 3.60.